The van der Waals surface area contributed by atoms with Gasteiger partial charge in [0.15, 0.2) is 11.5 Å². The van der Waals surface area contributed by atoms with Crippen molar-refractivity contribution >= 4 is 50.7 Å². The van der Waals surface area contributed by atoms with Gasteiger partial charge in [0.2, 0.25) is 0 Å². The number of para-hydroxylation sites is 1. The highest BCUT2D eigenvalue weighted by molar-refractivity contribution is 14.1. The third-order valence-corrected chi connectivity index (χ3v) is 6.37. The van der Waals surface area contributed by atoms with Gasteiger partial charge in [0.05, 0.1) is 27.7 Å². The molecule has 8 heteroatoms. The van der Waals surface area contributed by atoms with E-state index in [2.05, 4.69) is 38.4 Å². The first-order valence-electron chi connectivity index (χ1n) is 11.3. The molecule has 0 radical (unpaired) electrons. The average molecular weight is 595 g/mol. The predicted molar refractivity (Wildman–Crippen MR) is 150 cm³/mol. The molecule has 4 aromatic rings. The van der Waals surface area contributed by atoms with Crippen LogP contribution in [0.5, 0.6) is 11.5 Å². The third-order valence-electron chi connectivity index (χ3n) is 5.34. The number of methoxy groups -OCH3 is 2. The number of nitrogens with zero attached hydrogens (tertiary/aromatic N) is 3. The van der Waals surface area contributed by atoms with E-state index in [1.807, 2.05) is 60.7 Å². The molecule has 7 nitrogen and oxygen atoms in total. The van der Waals surface area contributed by atoms with Crippen LogP contribution in [0.4, 0.5) is 17.2 Å². The Kier molecular flexibility index (Phi) is 8.95. The summed E-state index contributed by atoms with van der Waals surface area (Å²) in [6, 6.07) is 19.7. The second-order valence-electron chi connectivity index (χ2n) is 7.66. The predicted octanol–water partition coefficient (Wildman–Crippen LogP) is 5.74. The summed E-state index contributed by atoms with van der Waals surface area (Å²) in [7, 11) is 3.27. The zero-order chi connectivity index (χ0) is 25.3. The van der Waals surface area contributed by atoms with Crippen LogP contribution in [0.3, 0.4) is 0 Å². The molecule has 0 amide bonds. The lowest BCUT2D eigenvalue weighted by atomic mass is 10.1. The molecule has 0 aliphatic heterocycles. The molecule has 0 fully saturated rings. The molecular weight excluding hydrogens is 569 g/mol. The fourth-order valence-electron chi connectivity index (χ4n) is 3.70. The summed E-state index contributed by atoms with van der Waals surface area (Å²) in [6.07, 6.45) is 7.27. The van der Waals surface area contributed by atoms with Crippen LogP contribution < -0.4 is 14.4 Å². The topological polar surface area (TPSA) is 65.9 Å². The molecule has 4 rings (SSSR count). The van der Waals surface area contributed by atoms with Gasteiger partial charge in [-0.25, -0.2) is 9.97 Å². The fraction of sp³-hybridized carbons (Fsp3) is 0.214. The van der Waals surface area contributed by atoms with Crippen molar-refractivity contribution in [2.45, 2.75) is 0 Å². The number of aromatic nitrogens is 2. The van der Waals surface area contributed by atoms with E-state index in [0.29, 0.717) is 43.7 Å². The lowest BCUT2D eigenvalue weighted by molar-refractivity contribution is 0.132. The van der Waals surface area contributed by atoms with E-state index in [1.54, 1.807) is 20.5 Å². The molecule has 1 aromatic heterocycles. The maximum Gasteiger partial charge on any atom is 0.175 e. The van der Waals surface area contributed by atoms with Crippen LogP contribution >= 0.6 is 22.6 Å². The largest absolute Gasteiger partial charge is 0.487 e. The minimum absolute atomic E-state index is 0.369. The molecule has 0 N–H and O–H groups in total. The van der Waals surface area contributed by atoms with E-state index < -0.39 is 0 Å². The summed E-state index contributed by atoms with van der Waals surface area (Å²) in [5, 5.41) is 0.833. The van der Waals surface area contributed by atoms with Gasteiger partial charge in [-0.05, 0) is 52.9 Å². The monoisotopic (exact) mass is 595 g/mol. The second kappa shape index (κ2) is 12.5. The summed E-state index contributed by atoms with van der Waals surface area (Å²) in [5.41, 5.74) is 3.32. The summed E-state index contributed by atoms with van der Waals surface area (Å²) >= 11 is 2.27. The molecular formula is C28H26IN3O4. The van der Waals surface area contributed by atoms with Crippen LogP contribution in [0.2, 0.25) is 0 Å². The van der Waals surface area contributed by atoms with Crippen LogP contribution in [-0.4, -0.2) is 50.6 Å². The molecule has 0 aliphatic rings. The van der Waals surface area contributed by atoms with Crippen molar-refractivity contribution in [2.24, 2.45) is 0 Å². The molecule has 0 aliphatic carbocycles. The highest BCUT2D eigenvalue weighted by Gasteiger charge is 2.23. The van der Waals surface area contributed by atoms with Crippen molar-refractivity contribution < 1.29 is 18.9 Å². The number of anilines is 3. The number of terminal acetylenes is 1. The number of ether oxygens (including phenoxy) is 4. The standard InChI is InChI=1S/C28H26IN3O4/c1-4-20-9-8-12-22(17-20)32(21-10-6-5-7-11-21)28-25-23(30-19-31-28)18-24(35-15-13-33-2)27(26(25)29)36-16-14-34-3/h1,5-12,17-19H,13-16H2,2-3H3. The lowest BCUT2D eigenvalue weighted by Crippen LogP contribution is -2.14. The van der Waals surface area contributed by atoms with Crippen molar-refractivity contribution in [3.05, 3.63) is 76.1 Å². The van der Waals surface area contributed by atoms with E-state index in [-0.39, 0.29) is 0 Å². The first-order chi connectivity index (χ1) is 17.7. The van der Waals surface area contributed by atoms with Gasteiger partial charge in [-0.2, -0.15) is 0 Å². The van der Waals surface area contributed by atoms with Crippen molar-refractivity contribution in [3.8, 4) is 23.8 Å². The molecule has 0 spiro atoms. The van der Waals surface area contributed by atoms with Crippen LogP contribution in [-0.2, 0) is 9.47 Å². The van der Waals surface area contributed by atoms with Crippen molar-refractivity contribution in [3.63, 3.8) is 0 Å². The van der Waals surface area contributed by atoms with Crippen molar-refractivity contribution in [1.82, 2.24) is 9.97 Å². The highest BCUT2D eigenvalue weighted by Crippen LogP contribution is 2.44. The summed E-state index contributed by atoms with van der Waals surface area (Å²) in [6.45, 7) is 1.65. The molecule has 0 bridgehead atoms. The van der Waals surface area contributed by atoms with Crippen LogP contribution in [0.1, 0.15) is 5.56 Å². The molecule has 36 heavy (non-hydrogen) atoms. The zero-order valence-electron chi connectivity index (χ0n) is 20.1. The van der Waals surface area contributed by atoms with E-state index in [4.69, 9.17) is 30.4 Å². The number of halogens is 1. The van der Waals surface area contributed by atoms with Gasteiger partial charge < -0.3 is 18.9 Å². The smallest absolute Gasteiger partial charge is 0.175 e. The Morgan fingerprint density at radius 3 is 2.31 bits per heavy atom. The Bertz CT molecular complexity index is 1360. The maximum atomic E-state index is 6.13. The van der Waals surface area contributed by atoms with Gasteiger partial charge in [-0.1, -0.05) is 30.2 Å². The number of benzene rings is 3. The number of hydrogen-bond acceptors (Lipinski definition) is 7. The first kappa shape index (κ1) is 25.7. The van der Waals surface area contributed by atoms with Crippen LogP contribution in [0.25, 0.3) is 10.9 Å². The molecule has 0 unspecified atom stereocenters. The van der Waals surface area contributed by atoms with E-state index in [0.717, 1.165) is 31.4 Å². The van der Waals surface area contributed by atoms with Gasteiger partial charge >= 0.3 is 0 Å². The molecule has 0 saturated carbocycles. The SMILES string of the molecule is C#Cc1cccc(N(c2ccccc2)c2ncnc3cc(OCCOC)c(OCCOC)c(I)c23)c1. The molecule has 0 saturated heterocycles. The fourth-order valence-corrected chi connectivity index (χ4v) is 4.64. The van der Waals surface area contributed by atoms with E-state index in [1.165, 1.54) is 0 Å². The second-order valence-corrected chi connectivity index (χ2v) is 8.74. The minimum Gasteiger partial charge on any atom is -0.487 e. The summed E-state index contributed by atoms with van der Waals surface area (Å²) in [4.78, 5) is 11.4. The van der Waals surface area contributed by atoms with Gasteiger partial charge in [0.1, 0.15) is 25.4 Å². The Morgan fingerprint density at radius 1 is 0.861 bits per heavy atom. The van der Waals surface area contributed by atoms with Crippen molar-refractivity contribution in [1.29, 1.82) is 0 Å². The third kappa shape index (κ3) is 5.70. The first-order valence-corrected chi connectivity index (χ1v) is 12.4. The Hall–Kier alpha value is -3.39. The van der Waals surface area contributed by atoms with Crippen molar-refractivity contribution in [2.75, 3.05) is 45.5 Å². The quantitative estimate of drug-likeness (QED) is 0.125. The molecule has 3 aromatic carbocycles. The van der Waals surface area contributed by atoms with Gasteiger partial charge in [0, 0.05) is 37.2 Å². The molecule has 1 heterocycles. The summed E-state index contributed by atoms with van der Waals surface area (Å²) < 4.78 is 23.3. The van der Waals surface area contributed by atoms with Crippen LogP contribution in [0.15, 0.2) is 67.0 Å². The van der Waals surface area contributed by atoms with Gasteiger partial charge in [0.25, 0.3) is 0 Å². The molecule has 0 atom stereocenters. The minimum atomic E-state index is 0.369. The van der Waals surface area contributed by atoms with E-state index >= 15 is 0 Å². The highest BCUT2D eigenvalue weighted by atomic mass is 127. The normalized spacial score (nSPS) is 10.7. The number of rotatable bonds is 11. The summed E-state index contributed by atoms with van der Waals surface area (Å²) in [5.74, 6) is 4.62. The van der Waals surface area contributed by atoms with Gasteiger partial charge in [-0.15, -0.1) is 6.42 Å². The Morgan fingerprint density at radius 2 is 1.58 bits per heavy atom. The Balaban J connectivity index is 1.93. The Labute approximate surface area is 224 Å². The number of hydrogen-bond donors (Lipinski definition) is 0. The van der Waals surface area contributed by atoms with Gasteiger partial charge in [-0.3, -0.25) is 4.90 Å². The van der Waals surface area contributed by atoms with Crippen LogP contribution in [0, 0.1) is 15.9 Å². The lowest BCUT2D eigenvalue weighted by Gasteiger charge is -2.26. The average Bonchev–Trinajstić information content (AvgIpc) is 2.91. The number of fused-ring (bicyclic) bond motifs is 1. The maximum absolute atomic E-state index is 6.13. The molecule has 184 valence electrons. The zero-order valence-corrected chi connectivity index (χ0v) is 22.3. The van der Waals surface area contributed by atoms with E-state index in [9.17, 15) is 0 Å².